The van der Waals surface area contributed by atoms with Crippen molar-refractivity contribution in [3.05, 3.63) is 35.9 Å². The van der Waals surface area contributed by atoms with Crippen LogP contribution in [0.25, 0.3) is 0 Å². The lowest BCUT2D eigenvalue weighted by Gasteiger charge is -2.36. The van der Waals surface area contributed by atoms with Gasteiger partial charge in [-0.25, -0.2) is 4.79 Å². The summed E-state index contributed by atoms with van der Waals surface area (Å²) in [6, 6.07) is 9.25. The van der Waals surface area contributed by atoms with Crippen molar-refractivity contribution in [3.63, 3.8) is 0 Å². The molecule has 2 rings (SSSR count). The molecule has 0 unspecified atom stereocenters. The zero-order valence-electron chi connectivity index (χ0n) is 9.91. The Kier molecular flexibility index (Phi) is 3.94. The van der Waals surface area contributed by atoms with Crippen molar-refractivity contribution in [2.24, 2.45) is 0 Å². The lowest BCUT2D eigenvalue weighted by Crippen LogP contribution is -2.61. The molecule has 1 amide bonds. The first-order chi connectivity index (χ1) is 8.68. The predicted octanol–water partition coefficient (Wildman–Crippen LogP) is 1.18. The quantitative estimate of drug-likeness (QED) is 0.796. The molecule has 1 N–H and O–H groups in total. The number of carboxylic acid groups (broad SMARTS) is 1. The standard InChI is InChI=1S/C13H15NO4/c15-12-8-14(13(16)17)11(12)9-18-7-6-10-4-2-1-3-5-10/h1-5,11H,6-9H2,(H,16,17)/t11-/m1/s1. The molecule has 96 valence electrons. The molecule has 1 aliphatic heterocycles. The number of rotatable bonds is 5. The molecule has 5 heteroatoms. The maximum atomic E-state index is 11.2. The van der Waals surface area contributed by atoms with Gasteiger partial charge in [-0.05, 0) is 12.0 Å². The highest BCUT2D eigenvalue weighted by Gasteiger charge is 2.40. The second-order valence-corrected chi connectivity index (χ2v) is 4.20. The van der Waals surface area contributed by atoms with Crippen molar-refractivity contribution in [3.8, 4) is 0 Å². The molecular weight excluding hydrogens is 234 g/mol. The maximum absolute atomic E-state index is 11.2. The van der Waals surface area contributed by atoms with Crippen LogP contribution >= 0.6 is 0 Å². The molecule has 1 fully saturated rings. The van der Waals surface area contributed by atoms with Crippen LogP contribution in [0.2, 0.25) is 0 Å². The Morgan fingerprint density at radius 2 is 2.11 bits per heavy atom. The fourth-order valence-electron chi connectivity index (χ4n) is 1.86. The van der Waals surface area contributed by atoms with Crippen molar-refractivity contribution in [2.75, 3.05) is 19.8 Å². The summed E-state index contributed by atoms with van der Waals surface area (Å²) >= 11 is 0. The molecule has 0 saturated carbocycles. The first-order valence-electron chi connectivity index (χ1n) is 5.82. The Morgan fingerprint density at radius 1 is 1.39 bits per heavy atom. The lowest BCUT2D eigenvalue weighted by atomic mass is 10.0. The van der Waals surface area contributed by atoms with E-state index in [1.54, 1.807) is 0 Å². The number of hydrogen-bond donors (Lipinski definition) is 1. The monoisotopic (exact) mass is 249 g/mol. The van der Waals surface area contributed by atoms with Gasteiger partial charge >= 0.3 is 6.09 Å². The molecule has 0 aromatic heterocycles. The Bertz CT molecular complexity index is 432. The average molecular weight is 249 g/mol. The molecule has 1 aromatic rings. The van der Waals surface area contributed by atoms with Gasteiger partial charge in [0.15, 0.2) is 5.78 Å². The minimum absolute atomic E-state index is 0.0119. The number of ether oxygens (including phenoxy) is 1. The van der Waals surface area contributed by atoms with E-state index in [1.165, 1.54) is 0 Å². The highest BCUT2D eigenvalue weighted by molar-refractivity contribution is 5.97. The third kappa shape index (κ3) is 2.87. The summed E-state index contributed by atoms with van der Waals surface area (Å²) in [6.07, 6.45) is -0.305. The van der Waals surface area contributed by atoms with Crippen LogP contribution < -0.4 is 0 Å². The summed E-state index contributed by atoms with van der Waals surface area (Å²) < 4.78 is 5.37. The van der Waals surface area contributed by atoms with Crippen molar-refractivity contribution in [1.82, 2.24) is 4.90 Å². The van der Waals surface area contributed by atoms with Crippen LogP contribution in [0.3, 0.4) is 0 Å². The fraction of sp³-hybridized carbons (Fsp3) is 0.385. The number of Topliss-reactive ketones (excluding diaryl/α,β-unsaturated/α-hetero) is 1. The van der Waals surface area contributed by atoms with Gasteiger partial charge in [-0.15, -0.1) is 0 Å². The molecule has 0 bridgehead atoms. The molecule has 1 saturated heterocycles. The van der Waals surface area contributed by atoms with E-state index < -0.39 is 12.1 Å². The SMILES string of the molecule is O=C1CN(C(=O)O)[C@@H]1COCCc1ccccc1. The van der Waals surface area contributed by atoms with Gasteiger partial charge in [0.1, 0.15) is 6.04 Å². The second kappa shape index (κ2) is 5.64. The van der Waals surface area contributed by atoms with E-state index in [2.05, 4.69) is 0 Å². The molecule has 0 aliphatic carbocycles. The van der Waals surface area contributed by atoms with Gasteiger partial charge in [-0.1, -0.05) is 30.3 Å². The highest BCUT2D eigenvalue weighted by atomic mass is 16.5. The van der Waals surface area contributed by atoms with Crippen molar-refractivity contribution in [2.45, 2.75) is 12.5 Å². The van der Waals surface area contributed by atoms with Crippen LogP contribution in [-0.4, -0.2) is 47.7 Å². The number of nitrogens with zero attached hydrogens (tertiary/aromatic N) is 1. The molecule has 18 heavy (non-hydrogen) atoms. The minimum Gasteiger partial charge on any atom is -0.465 e. The largest absolute Gasteiger partial charge is 0.465 e. The van der Waals surface area contributed by atoms with E-state index in [0.717, 1.165) is 16.9 Å². The van der Waals surface area contributed by atoms with Gasteiger partial charge < -0.3 is 9.84 Å². The van der Waals surface area contributed by atoms with E-state index in [4.69, 9.17) is 9.84 Å². The van der Waals surface area contributed by atoms with Crippen LogP contribution in [0.4, 0.5) is 4.79 Å². The Balaban J connectivity index is 1.69. The summed E-state index contributed by atoms with van der Waals surface area (Å²) in [4.78, 5) is 23.0. The van der Waals surface area contributed by atoms with E-state index in [1.807, 2.05) is 30.3 Å². The molecule has 0 radical (unpaired) electrons. The third-order valence-corrected chi connectivity index (χ3v) is 2.97. The van der Waals surface area contributed by atoms with Gasteiger partial charge in [0.05, 0.1) is 19.8 Å². The summed E-state index contributed by atoms with van der Waals surface area (Å²) in [5.41, 5.74) is 1.16. The lowest BCUT2D eigenvalue weighted by molar-refractivity contribution is -0.137. The maximum Gasteiger partial charge on any atom is 0.408 e. The molecule has 1 atom stereocenters. The first kappa shape index (κ1) is 12.6. The average Bonchev–Trinajstić information content (AvgIpc) is 2.36. The molecule has 1 aliphatic rings. The highest BCUT2D eigenvalue weighted by Crippen LogP contribution is 2.14. The zero-order chi connectivity index (χ0) is 13.0. The molecule has 1 aromatic carbocycles. The van der Waals surface area contributed by atoms with Gasteiger partial charge in [0.2, 0.25) is 0 Å². The summed E-state index contributed by atoms with van der Waals surface area (Å²) in [5, 5.41) is 8.77. The number of benzene rings is 1. The van der Waals surface area contributed by atoms with Crippen LogP contribution in [0.15, 0.2) is 30.3 Å². The van der Waals surface area contributed by atoms with E-state index in [9.17, 15) is 9.59 Å². The van der Waals surface area contributed by atoms with Crippen LogP contribution in [0.5, 0.6) is 0 Å². The fourth-order valence-corrected chi connectivity index (χ4v) is 1.86. The summed E-state index contributed by atoms with van der Waals surface area (Å²) in [6.45, 7) is 0.626. The molecular formula is C13H15NO4. The molecule has 0 spiro atoms. The van der Waals surface area contributed by atoms with Crippen LogP contribution in [0, 0.1) is 0 Å². The number of likely N-dealkylation sites (tertiary alicyclic amines) is 1. The minimum atomic E-state index is -1.06. The normalized spacial score (nSPS) is 18.6. The van der Waals surface area contributed by atoms with Crippen LogP contribution in [0.1, 0.15) is 5.56 Å². The number of carbonyl (C=O) groups excluding carboxylic acids is 1. The van der Waals surface area contributed by atoms with E-state index in [0.29, 0.717) is 6.61 Å². The Morgan fingerprint density at radius 3 is 2.72 bits per heavy atom. The summed E-state index contributed by atoms with van der Waals surface area (Å²) in [7, 11) is 0. The van der Waals surface area contributed by atoms with Crippen molar-refractivity contribution in [1.29, 1.82) is 0 Å². The smallest absolute Gasteiger partial charge is 0.408 e. The van der Waals surface area contributed by atoms with E-state index in [-0.39, 0.29) is 18.9 Å². The molecule has 5 nitrogen and oxygen atoms in total. The van der Waals surface area contributed by atoms with Crippen molar-refractivity contribution < 1.29 is 19.4 Å². The van der Waals surface area contributed by atoms with Gasteiger partial charge in [0, 0.05) is 0 Å². The van der Waals surface area contributed by atoms with Gasteiger partial charge in [-0.3, -0.25) is 9.69 Å². The summed E-state index contributed by atoms with van der Waals surface area (Å²) in [5.74, 6) is -0.0721. The zero-order valence-corrected chi connectivity index (χ0v) is 9.91. The number of ketones is 1. The Labute approximate surface area is 105 Å². The van der Waals surface area contributed by atoms with Gasteiger partial charge in [0.25, 0.3) is 0 Å². The van der Waals surface area contributed by atoms with Crippen molar-refractivity contribution >= 4 is 11.9 Å². The topological polar surface area (TPSA) is 66.8 Å². The van der Waals surface area contributed by atoms with Gasteiger partial charge in [-0.2, -0.15) is 0 Å². The Hall–Kier alpha value is -1.88. The first-order valence-corrected chi connectivity index (χ1v) is 5.82. The predicted molar refractivity (Wildman–Crippen MR) is 64.5 cm³/mol. The van der Waals surface area contributed by atoms with Crippen LogP contribution in [-0.2, 0) is 16.0 Å². The second-order valence-electron chi connectivity index (χ2n) is 4.20. The number of carbonyl (C=O) groups is 2. The van der Waals surface area contributed by atoms with E-state index >= 15 is 0 Å². The third-order valence-electron chi connectivity index (χ3n) is 2.97. The number of amides is 1. The molecule has 1 heterocycles. The number of hydrogen-bond acceptors (Lipinski definition) is 3.